The van der Waals surface area contributed by atoms with Crippen LogP contribution in [0.1, 0.15) is 67.0 Å². The summed E-state index contributed by atoms with van der Waals surface area (Å²) in [6.45, 7) is 0. The Hall–Kier alpha value is -1.63. The Bertz CT molecular complexity index is 818. The number of fused-ring (bicyclic) bond motifs is 1. The molecule has 0 saturated heterocycles. The minimum atomic E-state index is 0.0392. The van der Waals surface area contributed by atoms with Crippen LogP contribution in [0.25, 0.3) is 0 Å². The molecule has 2 aromatic rings. The van der Waals surface area contributed by atoms with Crippen LogP contribution >= 0.6 is 11.8 Å². The van der Waals surface area contributed by atoms with Gasteiger partial charge in [0.05, 0.1) is 11.4 Å². The van der Waals surface area contributed by atoms with Crippen molar-refractivity contribution in [2.45, 2.75) is 67.8 Å². The summed E-state index contributed by atoms with van der Waals surface area (Å²) in [4.78, 5) is 19.6. The topological polar surface area (TPSA) is 76.5 Å². The maximum Gasteiger partial charge on any atom is 0.254 e. The van der Waals surface area contributed by atoms with Crippen LogP contribution in [0.2, 0.25) is 0 Å². The zero-order chi connectivity index (χ0) is 15.4. The molecule has 23 heavy (non-hydrogen) atoms. The van der Waals surface area contributed by atoms with E-state index in [9.17, 15) is 4.79 Å². The molecule has 5 rings (SSSR count). The number of hydrogen-bond acceptors (Lipinski definition) is 5. The summed E-state index contributed by atoms with van der Waals surface area (Å²) in [7, 11) is 0. The van der Waals surface area contributed by atoms with Gasteiger partial charge in [0.25, 0.3) is 5.56 Å². The molecule has 0 aromatic carbocycles. The number of thioether (sulfide) groups is 1. The Morgan fingerprint density at radius 2 is 2.04 bits per heavy atom. The third kappa shape index (κ3) is 2.51. The lowest BCUT2D eigenvalue weighted by Crippen LogP contribution is -2.15. The second-order valence-electron chi connectivity index (χ2n) is 6.79. The molecular weight excluding hydrogens is 310 g/mol. The van der Waals surface area contributed by atoms with Crippen molar-refractivity contribution in [3.63, 3.8) is 0 Å². The normalized spacial score (nSPS) is 20.0. The van der Waals surface area contributed by atoms with Crippen LogP contribution in [0.5, 0.6) is 0 Å². The molecule has 3 aliphatic rings. The van der Waals surface area contributed by atoms with Crippen LogP contribution in [-0.2, 0) is 18.6 Å². The van der Waals surface area contributed by atoms with Crippen LogP contribution in [0.3, 0.4) is 0 Å². The van der Waals surface area contributed by atoms with E-state index in [1.165, 1.54) is 31.5 Å². The lowest BCUT2D eigenvalue weighted by Gasteiger charge is -2.08. The van der Waals surface area contributed by atoms with Crippen molar-refractivity contribution >= 4 is 11.8 Å². The van der Waals surface area contributed by atoms with E-state index in [1.807, 2.05) is 0 Å². The molecule has 0 atom stereocenters. The Kier molecular flexibility index (Phi) is 3.11. The van der Waals surface area contributed by atoms with E-state index in [0.29, 0.717) is 17.1 Å². The van der Waals surface area contributed by atoms with Gasteiger partial charge in [-0.05, 0) is 44.9 Å². The third-order valence-electron chi connectivity index (χ3n) is 4.91. The van der Waals surface area contributed by atoms with Crippen molar-refractivity contribution in [1.82, 2.24) is 24.7 Å². The maximum absolute atomic E-state index is 12.1. The summed E-state index contributed by atoms with van der Waals surface area (Å²) in [5.74, 6) is 3.55. The van der Waals surface area contributed by atoms with E-state index in [0.717, 1.165) is 42.1 Å². The Labute approximate surface area is 138 Å². The molecule has 7 heteroatoms. The number of nitrogens with zero attached hydrogens (tertiary/aromatic N) is 4. The zero-order valence-corrected chi connectivity index (χ0v) is 13.7. The molecule has 2 aromatic heterocycles. The van der Waals surface area contributed by atoms with Gasteiger partial charge in [-0.3, -0.25) is 4.79 Å². The number of rotatable bonds is 5. The second-order valence-corrected chi connectivity index (χ2v) is 7.75. The van der Waals surface area contributed by atoms with E-state index < -0.39 is 0 Å². The van der Waals surface area contributed by atoms with Crippen molar-refractivity contribution in [2.24, 2.45) is 0 Å². The van der Waals surface area contributed by atoms with Gasteiger partial charge in [-0.15, -0.1) is 10.2 Å². The largest absolute Gasteiger partial charge is 0.311 e. The lowest BCUT2D eigenvalue weighted by molar-refractivity contribution is 0.660. The standard InChI is InChI=1S/C16H19N5OS/c22-15-11-2-1-3-12(11)17-16(18-15)23-8-13-19-20-14(9-4-5-9)21(13)10-6-7-10/h9-10H,1-8H2,(H,17,18,22). The summed E-state index contributed by atoms with van der Waals surface area (Å²) >= 11 is 1.57. The molecule has 0 aliphatic heterocycles. The van der Waals surface area contributed by atoms with Gasteiger partial charge < -0.3 is 9.55 Å². The summed E-state index contributed by atoms with van der Waals surface area (Å²) in [6.07, 6.45) is 7.81. The van der Waals surface area contributed by atoms with Gasteiger partial charge in [0.2, 0.25) is 0 Å². The second kappa shape index (κ2) is 5.19. The third-order valence-corrected chi connectivity index (χ3v) is 5.77. The van der Waals surface area contributed by atoms with Gasteiger partial charge in [0.1, 0.15) is 11.6 Å². The average molecular weight is 329 g/mol. The monoisotopic (exact) mass is 329 g/mol. The van der Waals surface area contributed by atoms with Crippen LogP contribution < -0.4 is 5.56 Å². The number of aromatic nitrogens is 5. The molecule has 0 unspecified atom stereocenters. The number of aryl methyl sites for hydroxylation is 1. The number of H-pyrrole nitrogens is 1. The van der Waals surface area contributed by atoms with Gasteiger partial charge >= 0.3 is 0 Å². The summed E-state index contributed by atoms with van der Waals surface area (Å²) in [5, 5.41) is 9.57. The fourth-order valence-electron chi connectivity index (χ4n) is 3.41. The first-order valence-corrected chi connectivity index (χ1v) is 9.46. The molecule has 1 N–H and O–H groups in total. The molecule has 2 heterocycles. The summed E-state index contributed by atoms with van der Waals surface area (Å²) in [5.41, 5.74) is 1.91. The molecule has 0 bridgehead atoms. The quantitative estimate of drug-likeness (QED) is 0.673. The molecule has 6 nitrogen and oxygen atoms in total. The van der Waals surface area contributed by atoms with E-state index in [4.69, 9.17) is 0 Å². The maximum atomic E-state index is 12.1. The highest BCUT2D eigenvalue weighted by molar-refractivity contribution is 7.98. The predicted octanol–water partition coefficient (Wildman–Crippen LogP) is 2.35. The molecule has 3 aliphatic carbocycles. The highest BCUT2D eigenvalue weighted by Gasteiger charge is 2.36. The average Bonchev–Trinajstić information content (AvgIpc) is 3.47. The van der Waals surface area contributed by atoms with Gasteiger partial charge in [0.15, 0.2) is 5.16 Å². The summed E-state index contributed by atoms with van der Waals surface area (Å²) < 4.78 is 2.36. The van der Waals surface area contributed by atoms with E-state index >= 15 is 0 Å². The van der Waals surface area contributed by atoms with E-state index in [2.05, 4.69) is 24.7 Å². The fourth-order valence-corrected chi connectivity index (χ4v) is 4.21. The minimum Gasteiger partial charge on any atom is -0.311 e. The highest BCUT2D eigenvalue weighted by Crippen LogP contribution is 2.45. The number of hydrogen-bond donors (Lipinski definition) is 1. The van der Waals surface area contributed by atoms with Gasteiger partial charge in [0, 0.05) is 17.5 Å². The van der Waals surface area contributed by atoms with Crippen LogP contribution in [0.4, 0.5) is 0 Å². The molecule has 120 valence electrons. The summed E-state index contributed by atoms with van der Waals surface area (Å²) in [6, 6.07) is 0.600. The molecule has 2 saturated carbocycles. The molecule has 0 amide bonds. The van der Waals surface area contributed by atoms with Gasteiger partial charge in [-0.1, -0.05) is 11.8 Å². The smallest absolute Gasteiger partial charge is 0.254 e. The van der Waals surface area contributed by atoms with Crippen molar-refractivity contribution in [1.29, 1.82) is 0 Å². The number of aromatic amines is 1. The lowest BCUT2D eigenvalue weighted by atomic mass is 10.3. The van der Waals surface area contributed by atoms with E-state index in [-0.39, 0.29) is 5.56 Å². The molecular formula is C16H19N5OS. The van der Waals surface area contributed by atoms with Crippen LogP contribution in [0.15, 0.2) is 9.95 Å². The first-order valence-electron chi connectivity index (χ1n) is 8.48. The van der Waals surface area contributed by atoms with Crippen molar-refractivity contribution in [3.8, 4) is 0 Å². The van der Waals surface area contributed by atoms with Crippen LogP contribution in [-0.4, -0.2) is 24.7 Å². The fraction of sp³-hybridized carbons (Fsp3) is 0.625. The highest BCUT2D eigenvalue weighted by atomic mass is 32.2. The Morgan fingerprint density at radius 3 is 2.83 bits per heavy atom. The first kappa shape index (κ1) is 13.8. The van der Waals surface area contributed by atoms with Crippen molar-refractivity contribution < 1.29 is 0 Å². The first-order chi connectivity index (χ1) is 11.3. The number of nitrogens with one attached hydrogen (secondary N) is 1. The van der Waals surface area contributed by atoms with Crippen molar-refractivity contribution in [3.05, 3.63) is 33.3 Å². The molecule has 2 fully saturated rings. The SMILES string of the molecule is O=c1[nH]c(SCc2nnc(C3CC3)n2C2CC2)nc2c1CCC2. The van der Waals surface area contributed by atoms with Crippen LogP contribution in [0, 0.1) is 0 Å². The van der Waals surface area contributed by atoms with Gasteiger partial charge in [-0.25, -0.2) is 4.98 Å². The van der Waals surface area contributed by atoms with Crippen molar-refractivity contribution in [2.75, 3.05) is 0 Å². The molecule has 0 radical (unpaired) electrons. The Balaban J connectivity index is 1.39. The molecule has 0 spiro atoms. The van der Waals surface area contributed by atoms with E-state index in [1.54, 1.807) is 11.8 Å². The van der Waals surface area contributed by atoms with Gasteiger partial charge in [-0.2, -0.15) is 0 Å². The minimum absolute atomic E-state index is 0.0392. The zero-order valence-electron chi connectivity index (χ0n) is 12.9. The predicted molar refractivity (Wildman–Crippen MR) is 86.7 cm³/mol. The Morgan fingerprint density at radius 1 is 1.17 bits per heavy atom.